The van der Waals surface area contributed by atoms with Crippen LogP contribution in [-0.2, 0) is 18.2 Å². The molecular formula is C14H23N3OS. The van der Waals surface area contributed by atoms with Gasteiger partial charge < -0.3 is 10.1 Å². The lowest BCUT2D eigenvalue weighted by Crippen LogP contribution is -2.47. The zero-order chi connectivity index (χ0) is 13.1. The molecule has 19 heavy (non-hydrogen) atoms. The van der Waals surface area contributed by atoms with Crippen LogP contribution in [0.3, 0.4) is 0 Å². The van der Waals surface area contributed by atoms with Crippen molar-refractivity contribution in [3.05, 3.63) is 18.0 Å². The predicted molar refractivity (Wildman–Crippen MR) is 78.6 cm³/mol. The lowest BCUT2D eigenvalue weighted by Gasteiger charge is -2.38. The van der Waals surface area contributed by atoms with Gasteiger partial charge in [0.1, 0.15) is 0 Å². The van der Waals surface area contributed by atoms with E-state index in [0.29, 0.717) is 6.04 Å². The van der Waals surface area contributed by atoms with Crippen molar-refractivity contribution in [2.75, 3.05) is 24.7 Å². The minimum atomic E-state index is 0.186. The highest BCUT2D eigenvalue weighted by atomic mass is 32.2. The van der Waals surface area contributed by atoms with Crippen LogP contribution in [0.4, 0.5) is 0 Å². The highest BCUT2D eigenvalue weighted by Gasteiger charge is 2.40. The second-order valence-electron chi connectivity index (χ2n) is 5.71. The molecule has 2 fully saturated rings. The van der Waals surface area contributed by atoms with Crippen LogP contribution in [-0.4, -0.2) is 46.1 Å². The van der Waals surface area contributed by atoms with Gasteiger partial charge in [0.15, 0.2) is 0 Å². The third-order valence-electron chi connectivity index (χ3n) is 4.14. The molecule has 0 amide bonds. The standard InChI is InChI=1S/C14H23N3OS/c1-17-7-3-12(16-17)2-6-15-13-4-8-18-14(10-13)5-9-19-11-14/h3,7,13,15H,2,4-6,8-11H2,1H3. The monoisotopic (exact) mass is 281 g/mol. The van der Waals surface area contributed by atoms with E-state index in [1.54, 1.807) is 0 Å². The maximum absolute atomic E-state index is 6.05. The second-order valence-corrected chi connectivity index (χ2v) is 6.81. The summed E-state index contributed by atoms with van der Waals surface area (Å²) in [7, 11) is 1.97. The van der Waals surface area contributed by atoms with E-state index < -0.39 is 0 Å². The van der Waals surface area contributed by atoms with E-state index in [9.17, 15) is 0 Å². The van der Waals surface area contributed by atoms with Crippen molar-refractivity contribution in [1.29, 1.82) is 0 Å². The number of thioether (sulfide) groups is 1. The number of nitrogens with one attached hydrogen (secondary N) is 1. The Kier molecular flexibility index (Phi) is 4.15. The summed E-state index contributed by atoms with van der Waals surface area (Å²) in [5.41, 5.74) is 1.36. The number of rotatable bonds is 4. The average Bonchev–Trinajstić information content (AvgIpc) is 3.00. The first-order valence-electron chi connectivity index (χ1n) is 7.19. The van der Waals surface area contributed by atoms with Gasteiger partial charge in [-0.15, -0.1) is 0 Å². The first kappa shape index (κ1) is 13.5. The maximum Gasteiger partial charge on any atom is 0.0795 e. The second kappa shape index (κ2) is 5.85. The fourth-order valence-corrected chi connectivity index (χ4v) is 4.44. The molecule has 0 bridgehead atoms. The highest BCUT2D eigenvalue weighted by molar-refractivity contribution is 7.99. The first-order chi connectivity index (χ1) is 9.26. The van der Waals surface area contributed by atoms with Crippen LogP contribution in [0, 0.1) is 0 Å². The minimum absolute atomic E-state index is 0.186. The summed E-state index contributed by atoms with van der Waals surface area (Å²) in [4.78, 5) is 0. The van der Waals surface area contributed by atoms with Crippen LogP contribution >= 0.6 is 11.8 Å². The quantitative estimate of drug-likeness (QED) is 0.910. The summed E-state index contributed by atoms with van der Waals surface area (Å²) >= 11 is 2.04. The zero-order valence-electron chi connectivity index (χ0n) is 11.6. The number of nitrogens with zero attached hydrogens (tertiary/aromatic N) is 2. The molecule has 2 aliphatic heterocycles. The van der Waals surface area contributed by atoms with E-state index in [-0.39, 0.29) is 5.60 Å². The average molecular weight is 281 g/mol. The number of aryl methyl sites for hydroxylation is 1. The molecule has 2 atom stereocenters. The summed E-state index contributed by atoms with van der Waals surface area (Å²) in [5, 5.41) is 8.10. The van der Waals surface area contributed by atoms with E-state index in [4.69, 9.17) is 4.74 Å². The van der Waals surface area contributed by atoms with E-state index in [1.807, 2.05) is 29.7 Å². The van der Waals surface area contributed by atoms with Crippen LogP contribution in [0.1, 0.15) is 25.0 Å². The molecular weight excluding hydrogens is 258 g/mol. The Bertz CT molecular complexity index is 415. The van der Waals surface area contributed by atoms with Crippen LogP contribution in [0.2, 0.25) is 0 Å². The predicted octanol–water partition coefficient (Wildman–Crippen LogP) is 1.61. The van der Waals surface area contributed by atoms with Crippen molar-refractivity contribution < 1.29 is 4.74 Å². The first-order valence-corrected chi connectivity index (χ1v) is 8.35. The van der Waals surface area contributed by atoms with E-state index in [0.717, 1.165) is 26.0 Å². The van der Waals surface area contributed by atoms with Crippen molar-refractivity contribution in [2.45, 2.75) is 37.3 Å². The summed E-state index contributed by atoms with van der Waals surface area (Å²) < 4.78 is 7.92. The number of hydrogen-bond acceptors (Lipinski definition) is 4. The molecule has 1 N–H and O–H groups in total. The fourth-order valence-electron chi connectivity index (χ4n) is 3.07. The summed E-state index contributed by atoms with van der Waals surface area (Å²) in [6, 6.07) is 2.72. The van der Waals surface area contributed by atoms with Gasteiger partial charge in [-0.1, -0.05) is 0 Å². The van der Waals surface area contributed by atoms with Gasteiger partial charge in [-0.2, -0.15) is 16.9 Å². The topological polar surface area (TPSA) is 39.1 Å². The van der Waals surface area contributed by atoms with Gasteiger partial charge in [-0.25, -0.2) is 0 Å². The summed E-state index contributed by atoms with van der Waals surface area (Å²) in [6.07, 6.45) is 6.58. The molecule has 5 heteroatoms. The molecule has 106 valence electrons. The fraction of sp³-hybridized carbons (Fsp3) is 0.786. The van der Waals surface area contributed by atoms with Crippen LogP contribution in [0.25, 0.3) is 0 Å². The summed E-state index contributed by atoms with van der Waals surface area (Å²) in [6.45, 7) is 1.94. The van der Waals surface area contributed by atoms with Crippen LogP contribution in [0.5, 0.6) is 0 Å². The molecule has 1 spiro atoms. The third kappa shape index (κ3) is 3.33. The Balaban J connectivity index is 1.45. The lowest BCUT2D eigenvalue weighted by molar-refractivity contribution is -0.0699. The van der Waals surface area contributed by atoms with Gasteiger partial charge in [-0.3, -0.25) is 4.68 Å². The van der Waals surface area contributed by atoms with Crippen LogP contribution < -0.4 is 5.32 Å². The molecule has 3 rings (SSSR count). The van der Waals surface area contributed by atoms with E-state index in [1.165, 1.54) is 30.0 Å². The normalized spacial score (nSPS) is 31.1. The smallest absolute Gasteiger partial charge is 0.0795 e. The van der Waals surface area contributed by atoms with E-state index >= 15 is 0 Å². The van der Waals surface area contributed by atoms with Crippen molar-refractivity contribution >= 4 is 11.8 Å². The molecule has 1 aromatic rings. The van der Waals surface area contributed by atoms with Gasteiger partial charge in [0.05, 0.1) is 11.3 Å². The van der Waals surface area contributed by atoms with Crippen LogP contribution in [0.15, 0.2) is 12.3 Å². The Morgan fingerprint density at radius 1 is 1.63 bits per heavy atom. The third-order valence-corrected chi connectivity index (χ3v) is 5.37. The highest BCUT2D eigenvalue weighted by Crippen LogP contribution is 2.38. The molecule has 0 aliphatic carbocycles. The van der Waals surface area contributed by atoms with Crippen molar-refractivity contribution in [3.8, 4) is 0 Å². The maximum atomic E-state index is 6.05. The Hall–Kier alpha value is -0.520. The van der Waals surface area contributed by atoms with Gasteiger partial charge in [0.25, 0.3) is 0 Å². The van der Waals surface area contributed by atoms with Crippen molar-refractivity contribution in [2.24, 2.45) is 7.05 Å². The molecule has 0 radical (unpaired) electrons. The van der Waals surface area contributed by atoms with Crippen molar-refractivity contribution in [3.63, 3.8) is 0 Å². The number of ether oxygens (including phenoxy) is 1. The summed E-state index contributed by atoms with van der Waals surface area (Å²) in [5.74, 6) is 2.45. The molecule has 0 saturated carbocycles. The Labute approximate surface area is 119 Å². The SMILES string of the molecule is Cn1ccc(CCNC2CCOC3(CCSC3)C2)n1. The Morgan fingerprint density at radius 3 is 3.32 bits per heavy atom. The molecule has 3 heterocycles. The van der Waals surface area contributed by atoms with Crippen molar-refractivity contribution in [1.82, 2.24) is 15.1 Å². The molecule has 4 nitrogen and oxygen atoms in total. The molecule has 2 saturated heterocycles. The van der Waals surface area contributed by atoms with Gasteiger partial charge in [0.2, 0.25) is 0 Å². The number of hydrogen-bond donors (Lipinski definition) is 1. The molecule has 2 aliphatic rings. The minimum Gasteiger partial charge on any atom is -0.374 e. The zero-order valence-corrected chi connectivity index (χ0v) is 12.4. The molecule has 1 aromatic heterocycles. The van der Waals surface area contributed by atoms with Gasteiger partial charge in [0, 0.05) is 44.6 Å². The number of aromatic nitrogens is 2. The Morgan fingerprint density at radius 2 is 2.58 bits per heavy atom. The van der Waals surface area contributed by atoms with Gasteiger partial charge in [-0.05, 0) is 31.1 Å². The van der Waals surface area contributed by atoms with E-state index in [2.05, 4.69) is 16.5 Å². The largest absolute Gasteiger partial charge is 0.374 e. The molecule has 0 aromatic carbocycles. The lowest BCUT2D eigenvalue weighted by atomic mass is 9.90. The van der Waals surface area contributed by atoms with Gasteiger partial charge >= 0.3 is 0 Å². The molecule has 2 unspecified atom stereocenters.